The highest BCUT2D eigenvalue weighted by molar-refractivity contribution is 7.89. The molecule has 146 valence electrons. The molecule has 6 nitrogen and oxygen atoms in total. The van der Waals surface area contributed by atoms with Crippen molar-refractivity contribution in [2.45, 2.75) is 44.6 Å². The van der Waals surface area contributed by atoms with Gasteiger partial charge in [0.1, 0.15) is 6.04 Å². The van der Waals surface area contributed by atoms with Crippen molar-refractivity contribution in [2.24, 2.45) is 0 Å². The fourth-order valence-corrected chi connectivity index (χ4v) is 6.11. The quantitative estimate of drug-likeness (QED) is 0.660. The van der Waals surface area contributed by atoms with Gasteiger partial charge in [-0.05, 0) is 44.7 Å². The van der Waals surface area contributed by atoms with Gasteiger partial charge in [-0.1, -0.05) is 53.2 Å². The van der Waals surface area contributed by atoms with E-state index in [1.807, 2.05) is 63.2 Å². The zero-order valence-corrected chi connectivity index (χ0v) is 17.0. The molecule has 7 heteroatoms. The minimum Gasteiger partial charge on any atom is -0.337 e. The maximum absolute atomic E-state index is 13.5. The van der Waals surface area contributed by atoms with E-state index < -0.39 is 16.1 Å². The molecule has 0 radical (unpaired) electrons. The predicted molar refractivity (Wildman–Crippen MR) is 106 cm³/mol. The van der Waals surface area contributed by atoms with Crippen molar-refractivity contribution < 1.29 is 12.9 Å². The van der Waals surface area contributed by atoms with Crippen molar-refractivity contribution in [2.75, 3.05) is 6.54 Å². The topological polar surface area (TPSA) is 76.3 Å². The normalized spacial score (nSPS) is 17.9. The predicted octanol–water partition coefficient (Wildman–Crippen LogP) is 4.19. The fourth-order valence-electron chi connectivity index (χ4n) is 4.04. The van der Waals surface area contributed by atoms with Gasteiger partial charge in [0.15, 0.2) is 0 Å². The monoisotopic (exact) mass is 397 g/mol. The largest absolute Gasteiger partial charge is 0.337 e. The standard InChI is InChI=1S/C21H23N3O3S/c1-14-12-15(2)19(16(3)13-14)28(25,26)24-11-7-10-18(24)21-22-20(23-27-21)17-8-5-4-6-9-17/h4-6,8-9,12-13,18H,7,10-11H2,1-3H3/t18-/m1/s1. The van der Waals surface area contributed by atoms with Gasteiger partial charge in [-0.3, -0.25) is 0 Å². The van der Waals surface area contributed by atoms with E-state index in [4.69, 9.17) is 4.52 Å². The van der Waals surface area contributed by atoms with Crippen LogP contribution in [0.15, 0.2) is 51.9 Å². The summed E-state index contributed by atoms with van der Waals surface area (Å²) in [6.07, 6.45) is 1.43. The third-order valence-electron chi connectivity index (χ3n) is 5.13. The second-order valence-electron chi connectivity index (χ2n) is 7.32. The molecule has 0 saturated carbocycles. The second-order valence-corrected chi connectivity index (χ2v) is 9.15. The molecule has 3 aromatic rings. The molecule has 1 aromatic heterocycles. The summed E-state index contributed by atoms with van der Waals surface area (Å²) in [5.74, 6) is 0.824. The Morgan fingerprint density at radius 2 is 1.75 bits per heavy atom. The van der Waals surface area contributed by atoms with Gasteiger partial charge in [0, 0.05) is 12.1 Å². The SMILES string of the molecule is Cc1cc(C)c(S(=O)(=O)N2CCC[C@@H]2c2nc(-c3ccccc3)no2)c(C)c1. The summed E-state index contributed by atoms with van der Waals surface area (Å²) in [7, 11) is -3.66. The van der Waals surface area contributed by atoms with Gasteiger partial charge >= 0.3 is 0 Å². The van der Waals surface area contributed by atoms with Crippen LogP contribution >= 0.6 is 0 Å². The lowest BCUT2D eigenvalue weighted by Crippen LogP contribution is -2.32. The first kappa shape index (κ1) is 18.8. The molecular weight excluding hydrogens is 374 g/mol. The van der Waals surface area contributed by atoms with Crippen LogP contribution in [0.3, 0.4) is 0 Å². The summed E-state index contributed by atoms with van der Waals surface area (Å²) in [6.45, 7) is 6.11. The van der Waals surface area contributed by atoms with Gasteiger partial charge in [-0.2, -0.15) is 9.29 Å². The second kappa shape index (κ2) is 7.14. The van der Waals surface area contributed by atoms with E-state index in [0.29, 0.717) is 29.6 Å². The van der Waals surface area contributed by atoms with Crippen LogP contribution in [0.25, 0.3) is 11.4 Å². The van der Waals surface area contributed by atoms with Crippen molar-refractivity contribution in [1.82, 2.24) is 14.4 Å². The Bertz CT molecular complexity index is 1080. The fraction of sp³-hybridized carbons (Fsp3) is 0.333. The molecule has 0 unspecified atom stereocenters. The van der Waals surface area contributed by atoms with E-state index in [-0.39, 0.29) is 0 Å². The maximum Gasteiger partial charge on any atom is 0.245 e. The van der Waals surface area contributed by atoms with Crippen molar-refractivity contribution in [3.63, 3.8) is 0 Å². The summed E-state index contributed by atoms with van der Waals surface area (Å²) in [5, 5.41) is 4.06. The minimum absolute atomic E-state index is 0.349. The highest BCUT2D eigenvalue weighted by Gasteiger charge is 2.40. The van der Waals surface area contributed by atoms with Gasteiger partial charge in [0.2, 0.25) is 21.7 Å². The third kappa shape index (κ3) is 3.25. The van der Waals surface area contributed by atoms with Crippen LogP contribution in [-0.2, 0) is 10.0 Å². The molecule has 2 heterocycles. The van der Waals surface area contributed by atoms with Gasteiger partial charge in [-0.25, -0.2) is 8.42 Å². The molecule has 0 amide bonds. The number of hydrogen-bond acceptors (Lipinski definition) is 5. The first-order chi connectivity index (χ1) is 13.4. The maximum atomic E-state index is 13.5. The van der Waals surface area contributed by atoms with Crippen LogP contribution in [0.2, 0.25) is 0 Å². The Hall–Kier alpha value is -2.51. The summed E-state index contributed by atoms with van der Waals surface area (Å²) < 4.78 is 34.0. The first-order valence-corrected chi connectivity index (χ1v) is 10.8. The molecule has 0 bridgehead atoms. The van der Waals surface area contributed by atoms with E-state index in [2.05, 4.69) is 10.1 Å². The van der Waals surface area contributed by atoms with Crippen molar-refractivity contribution >= 4 is 10.0 Å². The molecule has 1 aliphatic rings. The Morgan fingerprint density at radius 3 is 2.43 bits per heavy atom. The molecule has 2 aromatic carbocycles. The molecule has 28 heavy (non-hydrogen) atoms. The van der Waals surface area contributed by atoms with Crippen molar-refractivity contribution in [3.8, 4) is 11.4 Å². The Labute approximate surface area is 165 Å². The lowest BCUT2D eigenvalue weighted by molar-refractivity contribution is 0.290. The van der Waals surface area contributed by atoms with E-state index in [9.17, 15) is 8.42 Å². The molecule has 0 spiro atoms. The van der Waals surface area contributed by atoms with E-state index in [1.165, 1.54) is 4.31 Å². The Balaban J connectivity index is 1.70. The van der Waals surface area contributed by atoms with Crippen LogP contribution in [0.1, 0.15) is 41.5 Å². The molecule has 1 atom stereocenters. The summed E-state index contributed by atoms with van der Waals surface area (Å²) in [5.41, 5.74) is 3.42. The van der Waals surface area contributed by atoms with Crippen LogP contribution in [0.5, 0.6) is 0 Å². The van der Waals surface area contributed by atoms with Gasteiger partial charge in [0.05, 0.1) is 4.90 Å². The summed E-state index contributed by atoms with van der Waals surface area (Å²) in [4.78, 5) is 4.88. The van der Waals surface area contributed by atoms with E-state index >= 15 is 0 Å². The van der Waals surface area contributed by atoms with Crippen molar-refractivity contribution in [1.29, 1.82) is 0 Å². The van der Waals surface area contributed by atoms with Crippen LogP contribution in [0.4, 0.5) is 0 Å². The van der Waals surface area contributed by atoms with Gasteiger partial charge in [-0.15, -0.1) is 0 Å². The first-order valence-electron chi connectivity index (χ1n) is 9.36. The summed E-state index contributed by atoms with van der Waals surface area (Å²) in [6, 6.07) is 12.9. The van der Waals surface area contributed by atoms with E-state index in [0.717, 1.165) is 28.7 Å². The average molecular weight is 398 g/mol. The van der Waals surface area contributed by atoms with Crippen LogP contribution in [-0.4, -0.2) is 29.4 Å². The zero-order chi connectivity index (χ0) is 19.9. The molecule has 0 aliphatic carbocycles. The van der Waals surface area contributed by atoms with Gasteiger partial charge in [0.25, 0.3) is 0 Å². The van der Waals surface area contributed by atoms with Gasteiger partial charge < -0.3 is 4.52 Å². The number of nitrogens with zero attached hydrogens (tertiary/aromatic N) is 3. The van der Waals surface area contributed by atoms with E-state index in [1.54, 1.807) is 0 Å². The summed E-state index contributed by atoms with van der Waals surface area (Å²) >= 11 is 0. The Morgan fingerprint density at radius 1 is 1.07 bits per heavy atom. The number of sulfonamides is 1. The van der Waals surface area contributed by atoms with Crippen molar-refractivity contribution in [3.05, 3.63) is 65.0 Å². The third-order valence-corrected chi connectivity index (χ3v) is 7.35. The highest BCUT2D eigenvalue weighted by Crippen LogP contribution is 2.38. The molecular formula is C21H23N3O3S. The van der Waals surface area contributed by atoms with Crippen LogP contribution < -0.4 is 0 Å². The molecule has 0 N–H and O–H groups in total. The minimum atomic E-state index is -3.66. The Kier molecular flexibility index (Phi) is 4.81. The highest BCUT2D eigenvalue weighted by atomic mass is 32.2. The lowest BCUT2D eigenvalue weighted by Gasteiger charge is -2.23. The number of benzene rings is 2. The zero-order valence-electron chi connectivity index (χ0n) is 16.2. The molecule has 1 aliphatic heterocycles. The molecule has 1 fully saturated rings. The van der Waals surface area contributed by atoms with Crippen LogP contribution in [0, 0.1) is 20.8 Å². The number of aryl methyl sites for hydroxylation is 3. The smallest absolute Gasteiger partial charge is 0.245 e. The number of rotatable bonds is 4. The molecule has 1 saturated heterocycles. The number of hydrogen-bond donors (Lipinski definition) is 0. The lowest BCUT2D eigenvalue weighted by atomic mass is 10.1. The molecule has 4 rings (SSSR count). The number of aromatic nitrogens is 2. The average Bonchev–Trinajstić information content (AvgIpc) is 3.31.